The molecule has 7 heteroatoms. The SMILES string of the molecule is CCCS(=O)(=O)CCCOc1ccc2c(c1)C(C1(c3cccc(F)c3)CCC1)NCC2.Cl. The lowest BCUT2D eigenvalue weighted by molar-refractivity contribution is 0.164. The predicted octanol–water partition coefficient (Wildman–Crippen LogP) is 5.15. The van der Waals surface area contributed by atoms with Gasteiger partial charge in [-0.25, -0.2) is 12.8 Å². The molecule has 1 unspecified atom stereocenters. The van der Waals surface area contributed by atoms with E-state index in [9.17, 15) is 12.8 Å². The summed E-state index contributed by atoms with van der Waals surface area (Å²) in [5.74, 6) is 0.990. The Morgan fingerprint density at radius 2 is 1.97 bits per heavy atom. The van der Waals surface area contributed by atoms with Crippen LogP contribution in [0.5, 0.6) is 5.75 Å². The van der Waals surface area contributed by atoms with E-state index in [-0.39, 0.29) is 41.2 Å². The molecule has 32 heavy (non-hydrogen) atoms. The molecule has 2 aliphatic rings. The molecule has 0 saturated heterocycles. The largest absolute Gasteiger partial charge is 0.494 e. The number of halogens is 2. The van der Waals surface area contributed by atoms with Crippen molar-refractivity contribution in [2.45, 2.75) is 56.9 Å². The van der Waals surface area contributed by atoms with Crippen LogP contribution in [0.3, 0.4) is 0 Å². The van der Waals surface area contributed by atoms with Crippen molar-refractivity contribution in [3.05, 3.63) is 65.0 Å². The van der Waals surface area contributed by atoms with Gasteiger partial charge < -0.3 is 10.1 Å². The molecule has 0 aromatic heterocycles. The summed E-state index contributed by atoms with van der Waals surface area (Å²) < 4.78 is 43.7. The van der Waals surface area contributed by atoms with Crippen LogP contribution in [0.25, 0.3) is 0 Å². The van der Waals surface area contributed by atoms with Crippen molar-refractivity contribution in [2.75, 3.05) is 24.7 Å². The molecule has 0 bridgehead atoms. The fraction of sp³-hybridized carbons (Fsp3) is 0.520. The molecule has 1 aliphatic carbocycles. The fourth-order valence-electron chi connectivity index (χ4n) is 5.10. The Hall–Kier alpha value is -1.63. The summed E-state index contributed by atoms with van der Waals surface area (Å²) in [6.07, 6.45) is 5.32. The Morgan fingerprint density at radius 1 is 1.16 bits per heavy atom. The number of hydrogen-bond donors (Lipinski definition) is 1. The molecule has 2 aromatic carbocycles. The van der Waals surface area contributed by atoms with Crippen molar-refractivity contribution in [2.24, 2.45) is 0 Å². The maximum absolute atomic E-state index is 14.0. The molecule has 4 nitrogen and oxygen atoms in total. The van der Waals surface area contributed by atoms with Gasteiger partial charge in [-0.3, -0.25) is 0 Å². The zero-order valence-corrected chi connectivity index (χ0v) is 20.2. The van der Waals surface area contributed by atoms with Crippen LogP contribution in [0.2, 0.25) is 0 Å². The first-order valence-corrected chi connectivity index (χ1v) is 13.2. The minimum atomic E-state index is -2.98. The number of ether oxygens (including phenoxy) is 1. The van der Waals surface area contributed by atoms with Gasteiger partial charge in [-0.05, 0) is 79.6 Å². The predicted molar refractivity (Wildman–Crippen MR) is 129 cm³/mol. The first-order chi connectivity index (χ1) is 14.9. The number of hydrogen-bond acceptors (Lipinski definition) is 4. The molecule has 4 rings (SSSR count). The minimum Gasteiger partial charge on any atom is -0.494 e. The minimum absolute atomic E-state index is 0. The third-order valence-corrected chi connectivity index (χ3v) is 8.69. The highest BCUT2D eigenvalue weighted by molar-refractivity contribution is 7.91. The highest BCUT2D eigenvalue weighted by Gasteiger charge is 2.47. The summed E-state index contributed by atoms with van der Waals surface area (Å²) in [6, 6.07) is 13.4. The zero-order valence-electron chi connectivity index (χ0n) is 18.6. The van der Waals surface area contributed by atoms with E-state index in [2.05, 4.69) is 23.5 Å². The van der Waals surface area contributed by atoms with Crippen molar-refractivity contribution >= 4 is 22.2 Å². The third-order valence-electron chi connectivity index (χ3n) is 6.75. The van der Waals surface area contributed by atoms with Crippen molar-refractivity contribution in [1.29, 1.82) is 0 Å². The lowest BCUT2D eigenvalue weighted by Gasteiger charge is -2.50. The molecule has 0 radical (unpaired) electrons. The molecule has 0 amide bonds. The molecule has 1 heterocycles. The van der Waals surface area contributed by atoms with Gasteiger partial charge in [-0.2, -0.15) is 0 Å². The van der Waals surface area contributed by atoms with Gasteiger partial charge in [-0.15, -0.1) is 12.4 Å². The van der Waals surface area contributed by atoms with Gasteiger partial charge in [0.25, 0.3) is 0 Å². The molecular weight excluding hydrogens is 449 g/mol. The topological polar surface area (TPSA) is 55.4 Å². The highest BCUT2D eigenvalue weighted by Crippen LogP contribution is 2.53. The summed E-state index contributed by atoms with van der Waals surface area (Å²) in [6.45, 7) is 3.17. The van der Waals surface area contributed by atoms with Gasteiger partial charge in [-0.1, -0.05) is 31.5 Å². The van der Waals surface area contributed by atoms with Crippen LogP contribution in [0.4, 0.5) is 4.39 Å². The van der Waals surface area contributed by atoms with E-state index in [1.807, 2.05) is 13.0 Å². The van der Waals surface area contributed by atoms with Crippen LogP contribution in [-0.4, -0.2) is 33.1 Å². The van der Waals surface area contributed by atoms with E-state index in [1.165, 1.54) is 17.2 Å². The van der Waals surface area contributed by atoms with E-state index in [4.69, 9.17) is 4.74 Å². The molecule has 1 aliphatic heterocycles. The molecular formula is C25H33ClFNO3S. The zero-order chi connectivity index (χ0) is 21.9. The summed E-state index contributed by atoms with van der Waals surface area (Å²) >= 11 is 0. The van der Waals surface area contributed by atoms with E-state index >= 15 is 0 Å². The molecule has 1 saturated carbocycles. The van der Waals surface area contributed by atoms with Crippen molar-refractivity contribution in [1.82, 2.24) is 5.32 Å². The molecule has 176 valence electrons. The monoisotopic (exact) mass is 481 g/mol. The molecule has 1 atom stereocenters. The van der Waals surface area contributed by atoms with Crippen LogP contribution >= 0.6 is 12.4 Å². The fourth-order valence-corrected chi connectivity index (χ4v) is 6.48. The molecule has 1 fully saturated rings. The maximum Gasteiger partial charge on any atom is 0.150 e. The third kappa shape index (κ3) is 5.29. The lowest BCUT2D eigenvalue weighted by Crippen LogP contribution is -2.49. The van der Waals surface area contributed by atoms with E-state index in [0.717, 1.165) is 43.5 Å². The lowest BCUT2D eigenvalue weighted by atomic mass is 9.58. The number of fused-ring (bicyclic) bond motifs is 1. The number of rotatable bonds is 9. The standard InChI is InChI=1S/C25H32FNO3S.ClH/c1-2-15-31(28,29)16-5-14-30-22-9-8-19-10-13-27-24(23(19)18-22)25(11-4-12-25)20-6-3-7-21(26)17-20;/h3,6-9,17-18,24,27H,2,4-5,10-16H2,1H3;1H. The summed E-state index contributed by atoms with van der Waals surface area (Å²) in [5.41, 5.74) is 3.51. The van der Waals surface area contributed by atoms with Gasteiger partial charge in [0.15, 0.2) is 0 Å². The van der Waals surface area contributed by atoms with Gasteiger partial charge >= 0.3 is 0 Å². The average molecular weight is 482 g/mol. The second-order valence-corrected chi connectivity index (χ2v) is 11.2. The second kappa shape index (κ2) is 10.5. The Balaban J connectivity index is 0.00000289. The Bertz CT molecular complexity index is 1020. The first-order valence-electron chi connectivity index (χ1n) is 11.4. The van der Waals surface area contributed by atoms with Crippen LogP contribution in [0.1, 0.15) is 61.8 Å². The van der Waals surface area contributed by atoms with Crippen LogP contribution in [0, 0.1) is 5.82 Å². The average Bonchev–Trinajstić information content (AvgIpc) is 2.71. The van der Waals surface area contributed by atoms with Gasteiger partial charge in [0.05, 0.1) is 12.4 Å². The van der Waals surface area contributed by atoms with E-state index < -0.39 is 9.84 Å². The van der Waals surface area contributed by atoms with E-state index in [0.29, 0.717) is 19.4 Å². The smallest absolute Gasteiger partial charge is 0.150 e. The second-order valence-electron chi connectivity index (χ2n) is 8.87. The number of sulfone groups is 1. The van der Waals surface area contributed by atoms with Crippen LogP contribution in [0.15, 0.2) is 42.5 Å². The van der Waals surface area contributed by atoms with Gasteiger partial charge in [0.1, 0.15) is 21.4 Å². The Kier molecular flexibility index (Phi) is 8.23. The van der Waals surface area contributed by atoms with Gasteiger partial charge in [0.2, 0.25) is 0 Å². The van der Waals surface area contributed by atoms with Crippen molar-refractivity contribution in [3.63, 3.8) is 0 Å². The number of benzene rings is 2. The maximum atomic E-state index is 14.0. The quantitative estimate of drug-likeness (QED) is 0.503. The summed E-state index contributed by atoms with van der Waals surface area (Å²) in [5, 5.41) is 3.71. The molecule has 2 aromatic rings. The summed E-state index contributed by atoms with van der Waals surface area (Å²) in [4.78, 5) is 0. The van der Waals surface area contributed by atoms with Gasteiger partial charge in [0, 0.05) is 17.2 Å². The summed E-state index contributed by atoms with van der Waals surface area (Å²) in [7, 11) is -2.98. The first kappa shape index (κ1) is 25.0. The molecule has 1 N–H and O–H groups in total. The van der Waals surface area contributed by atoms with E-state index in [1.54, 1.807) is 12.1 Å². The molecule has 0 spiro atoms. The number of nitrogens with one attached hydrogen (secondary N) is 1. The van der Waals surface area contributed by atoms with Crippen molar-refractivity contribution in [3.8, 4) is 5.75 Å². The normalized spacial score (nSPS) is 19.4. The van der Waals surface area contributed by atoms with Crippen molar-refractivity contribution < 1.29 is 17.5 Å². The van der Waals surface area contributed by atoms with Crippen LogP contribution < -0.4 is 10.1 Å². The highest BCUT2D eigenvalue weighted by atomic mass is 35.5. The van der Waals surface area contributed by atoms with Crippen LogP contribution in [-0.2, 0) is 21.7 Å². The Morgan fingerprint density at radius 3 is 2.66 bits per heavy atom. The Labute approximate surface area is 197 Å².